The molecule has 2 rings (SSSR count). The fourth-order valence-corrected chi connectivity index (χ4v) is 2.18. The third-order valence-corrected chi connectivity index (χ3v) is 3.40. The Labute approximate surface area is 145 Å². The van der Waals surface area contributed by atoms with Crippen molar-refractivity contribution in [1.29, 1.82) is 0 Å². The van der Waals surface area contributed by atoms with Gasteiger partial charge >= 0.3 is 5.97 Å². The van der Waals surface area contributed by atoms with E-state index in [4.69, 9.17) is 4.74 Å². The molecule has 0 radical (unpaired) electrons. The number of hydrogen-bond donors (Lipinski definition) is 1. The quantitative estimate of drug-likeness (QED) is 0.474. The van der Waals surface area contributed by atoms with Crippen LogP contribution < -0.4 is 5.32 Å². The minimum absolute atomic E-state index is 0.106. The number of carbonyl (C=O) groups excluding carboxylic acids is 2. The number of aromatic nitrogens is 1. The van der Waals surface area contributed by atoms with Gasteiger partial charge in [-0.15, -0.1) is 0 Å². The maximum absolute atomic E-state index is 11.8. The number of nitro benzene ring substituents is 1. The number of nitro groups is 1. The fourth-order valence-electron chi connectivity index (χ4n) is 1.82. The summed E-state index contributed by atoms with van der Waals surface area (Å²) in [5, 5.41) is 13.3. The highest BCUT2D eigenvalue weighted by Gasteiger charge is 2.14. The highest BCUT2D eigenvalue weighted by Crippen LogP contribution is 2.22. The second-order valence-corrected chi connectivity index (χ2v) is 5.69. The number of halogens is 1. The first-order valence-electron chi connectivity index (χ1n) is 6.69. The van der Waals surface area contributed by atoms with Gasteiger partial charge in [0, 0.05) is 34.2 Å². The number of aryl methyl sites for hydroxylation is 1. The molecule has 0 aliphatic heterocycles. The van der Waals surface area contributed by atoms with Gasteiger partial charge in [-0.2, -0.15) is 0 Å². The molecule has 0 aliphatic carbocycles. The summed E-state index contributed by atoms with van der Waals surface area (Å²) in [5.41, 5.74) is 0.817. The van der Waals surface area contributed by atoms with Crippen molar-refractivity contribution in [3.8, 4) is 0 Å². The average Bonchev–Trinajstić information content (AvgIpc) is 2.54. The van der Waals surface area contributed by atoms with Gasteiger partial charge < -0.3 is 10.1 Å². The van der Waals surface area contributed by atoms with E-state index >= 15 is 0 Å². The number of hydrogen-bond acceptors (Lipinski definition) is 6. The van der Waals surface area contributed by atoms with Crippen LogP contribution in [0.3, 0.4) is 0 Å². The predicted molar refractivity (Wildman–Crippen MR) is 88.7 cm³/mol. The minimum atomic E-state index is -0.700. The summed E-state index contributed by atoms with van der Waals surface area (Å²) >= 11 is 3.17. The van der Waals surface area contributed by atoms with Crippen LogP contribution in [0.1, 0.15) is 15.9 Å². The summed E-state index contributed by atoms with van der Waals surface area (Å²) in [6.07, 6.45) is 2.82. The number of pyridine rings is 1. The van der Waals surface area contributed by atoms with Gasteiger partial charge in [0.25, 0.3) is 11.6 Å². The number of ether oxygens (including phenoxy) is 1. The van der Waals surface area contributed by atoms with Crippen molar-refractivity contribution in [3.05, 3.63) is 62.4 Å². The van der Waals surface area contributed by atoms with Crippen LogP contribution >= 0.6 is 15.9 Å². The number of amides is 1. The van der Waals surface area contributed by atoms with Crippen LogP contribution in [-0.2, 0) is 9.53 Å². The molecule has 9 heteroatoms. The predicted octanol–water partition coefficient (Wildman–Crippen LogP) is 2.86. The van der Waals surface area contributed by atoms with E-state index in [0.717, 1.165) is 0 Å². The Morgan fingerprint density at radius 3 is 2.75 bits per heavy atom. The highest BCUT2D eigenvalue weighted by molar-refractivity contribution is 9.10. The van der Waals surface area contributed by atoms with Gasteiger partial charge in [0.15, 0.2) is 6.61 Å². The molecule has 0 spiro atoms. The normalized spacial score (nSPS) is 10.1. The number of anilines is 1. The van der Waals surface area contributed by atoms with Crippen LogP contribution in [0.15, 0.2) is 41.1 Å². The molecule has 1 N–H and O–H groups in total. The van der Waals surface area contributed by atoms with Crippen LogP contribution in [0, 0.1) is 17.0 Å². The van der Waals surface area contributed by atoms with Crippen molar-refractivity contribution < 1.29 is 19.2 Å². The van der Waals surface area contributed by atoms with Gasteiger partial charge in [0.05, 0.1) is 10.5 Å². The molecular formula is C15H12BrN3O5. The Kier molecular flexibility index (Phi) is 5.59. The standard InChI is InChI=1S/C15H12BrN3O5/c1-9-2-3-12(5-13(9)19(22)23)18-14(20)8-24-15(21)10-4-11(16)7-17-6-10/h2-7H,8H2,1H3,(H,18,20). The molecule has 0 bridgehead atoms. The molecule has 124 valence electrons. The molecule has 0 saturated heterocycles. The molecule has 24 heavy (non-hydrogen) atoms. The van der Waals surface area contributed by atoms with Crippen molar-refractivity contribution in [2.75, 3.05) is 11.9 Å². The lowest BCUT2D eigenvalue weighted by Crippen LogP contribution is -2.21. The minimum Gasteiger partial charge on any atom is -0.452 e. The van der Waals surface area contributed by atoms with E-state index < -0.39 is 23.4 Å². The number of benzene rings is 1. The maximum atomic E-state index is 11.8. The van der Waals surface area contributed by atoms with Crippen LogP contribution in [0.25, 0.3) is 0 Å². The van der Waals surface area contributed by atoms with Crippen LogP contribution in [0.2, 0.25) is 0 Å². The number of rotatable bonds is 5. The molecule has 1 aromatic carbocycles. The molecule has 2 aromatic rings. The maximum Gasteiger partial charge on any atom is 0.340 e. The smallest absolute Gasteiger partial charge is 0.340 e. The van der Waals surface area contributed by atoms with E-state index in [1.54, 1.807) is 6.92 Å². The molecule has 0 saturated carbocycles. The van der Waals surface area contributed by atoms with Gasteiger partial charge in [0.1, 0.15) is 0 Å². The molecule has 0 aliphatic rings. The van der Waals surface area contributed by atoms with Gasteiger partial charge in [-0.05, 0) is 35.0 Å². The molecule has 1 aromatic heterocycles. The average molecular weight is 394 g/mol. The van der Waals surface area contributed by atoms with Gasteiger partial charge in [-0.1, -0.05) is 6.07 Å². The van der Waals surface area contributed by atoms with Crippen LogP contribution in [-0.4, -0.2) is 28.4 Å². The van der Waals surface area contributed by atoms with E-state index in [1.807, 2.05) is 0 Å². The first-order chi connectivity index (χ1) is 11.4. The fraction of sp³-hybridized carbons (Fsp3) is 0.133. The largest absolute Gasteiger partial charge is 0.452 e. The van der Waals surface area contributed by atoms with Crippen molar-refractivity contribution in [1.82, 2.24) is 4.98 Å². The summed E-state index contributed by atoms with van der Waals surface area (Å²) in [7, 11) is 0. The van der Waals surface area contributed by atoms with Crippen molar-refractivity contribution >= 4 is 39.2 Å². The second-order valence-electron chi connectivity index (χ2n) is 4.77. The third kappa shape index (κ3) is 4.59. The molecule has 0 fully saturated rings. The zero-order valence-electron chi connectivity index (χ0n) is 12.5. The van der Waals surface area contributed by atoms with E-state index in [2.05, 4.69) is 26.2 Å². The molecule has 0 unspecified atom stereocenters. The monoisotopic (exact) mass is 393 g/mol. The van der Waals surface area contributed by atoms with E-state index in [1.165, 1.54) is 36.7 Å². The van der Waals surface area contributed by atoms with Gasteiger partial charge in [0.2, 0.25) is 0 Å². The summed E-state index contributed by atoms with van der Waals surface area (Å²) in [6, 6.07) is 5.80. The third-order valence-electron chi connectivity index (χ3n) is 2.96. The van der Waals surface area contributed by atoms with E-state index in [-0.39, 0.29) is 16.9 Å². The first-order valence-corrected chi connectivity index (χ1v) is 7.48. The summed E-state index contributed by atoms with van der Waals surface area (Å²) in [4.78, 5) is 37.7. The Morgan fingerprint density at radius 2 is 2.08 bits per heavy atom. The zero-order valence-corrected chi connectivity index (χ0v) is 14.1. The number of nitrogens with zero attached hydrogens (tertiary/aromatic N) is 2. The highest BCUT2D eigenvalue weighted by atomic mass is 79.9. The first kappa shape index (κ1) is 17.5. The Hall–Kier alpha value is -2.81. The van der Waals surface area contributed by atoms with E-state index in [9.17, 15) is 19.7 Å². The summed E-state index contributed by atoms with van der Waals surface area (Å²) < 4.78 is 5.48. The zero-order chi connectivity index (χ0) is 17.7. The molecule has 8 nitrogen and oxygen atoms in total. The lowest BCUT2D eigenvalue weighted by atomic mass is 10.2. The lowest BCUT2D eigenvalue weighted by Gasteiger charge is -2.07. The van der Waals surface area contributed by atoms with Gasteiger partial charge in [-0.3, -0.25) is 19.9 Å². The topological polar surface area (TPSA) is 111 Å². The lowest BCUT2D eigenvalue weighted by molar-refractivity contribution is -0.385. The van der Waals surface area contributed by atoms with Crippen LogP contribution in [0.5, 0.6) is 0 Å². The Bertz CT molecular complexity index is 809. The molecule has 1 amide bonds. The van der Waals surface area contributed by atoms with Crippen molar-refractivity contribution in [3.63, 3.8) is 0 Å². The second kappa shape index (κ2) is 7.64. The van der Waals surface area contributed by atoms with Gasteiger partial charge in [-0.25, -0.2) is 4.79 Å². The van der Waals surface area contributed by atoms with Crippen LogP contribution in [0.4, 0.5) is 11.4 Å². The number of nitrogens with one attached hydrogen (secondary N) is 1. The summed E-state index contributed by atoms with van der Waals surface area (Å²) in [5.74, 6) is -1.31. The van der Waals surface area contributed by atoms with Crippen molar-refractivity contribution in [2.24, 2.45) is 0 Å². The summed E-state index contributed by atoms with van der Waals surface area (Å²) in [6.45, 7) is 1.07. The van der Waals surface area contributed by atoms with E-state index in [0.29, 0.717) is 10.0 Å². The Morgan fingerprint density at radius 1 is 1.33 bits per heavy atom. The molecule has 1 heterocycles. The molecule has 0 atom stereocenters. The van der Waals surface area contributed by atoms with Crippen molar-refractivity contribution in [2.45, 2.75) is 6.92 Å². The molecular weight excluding hydrogens is 382 g/mol. The Balaban J connectivity index is 1.95. The number of esters is 1. The SMILES string of the molecule is Cc1ccc(NC(=O)COC(=O)c2cncc(Br)c2)cc1[N+](=O)[O-]. The number of carbonyl (C=O) groups is 2.